The van der Waals surface area contributed by atoms with Crippen LogP contribution in [0.5, 0.6) is 11.8 Å². The molecule has 0 aliphatic carbocycles. The van der Waals surface area contributed by atoms with Crippen molar-refractivity contribution in [2.24, 2.45) is 0 Å². The molecule has 0 saturated carbocycles. The second-order valence-corrected chi connectivity index (χ2v) is 5.48. The maximum absolute atomic E-state index is 15.1. The first kappa shape index (κ1) is 17.3. The van der Waals surface area contributed by atoms with Crippen molar-refractivity contribution < 1.29 is 22.6 Å². The van der Waals surface area contributed by atoms with Gasteiger partial charge in [-0.15, -0.1) is 5.10 Å². The summed E-state index contributed by atoms with van der Waals surface area (Å²) in [6.07, 6.45) is 2.34. The minimum atomic E-state index is -2.97. The van der Waals surface area contributed by atoms with Gasteiger partial charge in [0.2, 0.25) is 11.8 Å². The quantitative estimate of drug-likeness (QED) is 0.728. The second kappa shape index (κ2) is 7.13. The maximum atomic E-state index is 15.1. The molecule has 2 aromatic rings. The van der Waals surface area contributed by atoms with E-state index in [4.69, 9.17) is 4.74 Å². The molecule has 11 heteroatoms. The summed E-state index contributed by atoms with van der Waals surface area (Å²) in [7, 11) is 1.38. The predicted molar refractivity (Wildman–Crippen MR) is 82.0 cm³/mol. The Morgan fingerprint density at radius 3 is 2.92 bits per heavy atom. The van der Waals surface area contributed by atoms with Gasteiger partial charge in [-0.05, 0) is 19.4 Å². The van der Waals surface area contributed by atoms with E-state index in [1.54, 1.807) is 0 Å². The highest BCUT2D eigenvalue weighted by Crippen LogP contribution is 2.36. The Hall–Kier alpha value is -2.56. The van der Waals surface area contributed by atoms with E-state index in [1.807, 2.05) is 0 Å². The van der Waals surface area contributed by atoms with E-state index in [1.165, 1.54) is 19.4 Å². The zero-order chi connectivity index (χ0) is 17.9. The zero-order valence-electron chi connectivity index (χ0n) is 13.4. The van der Waals surface area contributed by atoms with E-state index in [-0.39, 0.29) is 35.6 Å². The van der Waals surface area contributed by atoms with Gasteiger partial charge in [-0.1, -0.05) is 0 Å². The van der Waals surface area contributed by atoms with Crippen molar-refractivity contribution in [3.05, 3.63) is 18.0 Å². The molecule has 8 nitrogen and oxygen atoms in total. The van der Waals surface area contributed by atoms with Gasteiger partial charge in [-0.3, -0.25) is 5.10 Å². The van der Waals surface area contributed by atoms with Crippen LogP contribution in [0, 0.1) is 0 Å². The van der Waals surface area contributed by atoms with Crippen molar-refractivity contribution in [1.29, 1.82) is 0 Å². The topological polar surface area (TPSA) is 97.0 Å². The number of aromatic amines is 1. The third-order valence-corrected chi connectivity index (χ3v) is 3.72. The van der Waals surface area contributed by atoms with Gasteiger partial charge in [-0.25, -0.2) is 9.37 Å². The average molecular weight is 358 g/mol. The van der Waals surface area contributed by atoms with Gasteiger partial charge in [0.05, 0.1) is 13.3 Å². The summed E-state index contributed by atoms with van der Waals surface area (Å²) in [5, 5.41) is 11.8. The van der Waals surface area contributed by atoms with Crippen molar-refractivity contribution in [3.63, 3.8) is 0 Å². The van der Waals surface area contributed by atoms with Gasteiger partial charge in [0.15, 0.2) is 11.5 Å². The summed E-state index contributed by atoms with van der Waals surface area (Å²) >= 11 is 0. The lowest BCUT2D eigenvalue weighted by Gasteiger charge is -2.30. The molecule has 136 valence electrons. The summed E-state index contributed by atoms with van der Waals surface area (Å²) in [6.45, 7) is -2.08. The van der Waals surface area contributed by atoms with Crippen LogP contribution >= 0.6 is 0 Å². The van der Waals surface area contributed by atoms with E-state index in [0.717, 1.165) is 6.54 Å². The van der Waals surface area contributed by atoms with Gasteiger partial charge in [0.1, 0.15) is 11.5 Å². The number of piperidine rings is 1. The number of hydrogen-bond donors (Lipinski definition) is 3. The van der Waals surface area contributed by atoms with Gasteiger partial charge in [0, 0.05) is 12.6 Å². The Balaban J connectivity index is 1.78. The first-order chi connectivity index (χ1) is 12.0. The molecule has 1 aliphatic heterocycles. The summed E-state index contributed by atoms with van der Waals surface area (Å²) in [5.41, 5.74) is -1.53. The number of hydrogen-bond acceptors (Lipinski definition) is 7. The Labute approximate surface area is 141 Å². The Kier molecular flexibility index (Phi) is 4.93. The molecular formula is C14H17F3N6O2. The third kappa shape index (κ3) is 3.92. The van der Waals surface area contributed by atoms with Crippen LogP contribution in [0.1, 0.15) is 18.5 Å². The number of methoxy groups -OCH3 is 1. The number of nitrogens with one attached hydrogen (secondary N) is 3. The van der Waals surface area contributed by atoms with Crippen molar-refractivity contribution in [2.45, 2.75) is 25.1 Å². The minimum absolute atomic E-state index is 0.0553. The van der Waals surface area contributed by atoms with Gasteiger partial charge in [-0.2, -0.15) is 13.8 Å². The van der Waals surface area contributed by atoms with E-state index in [2.05, 4.69) is 35.5 Å². The zero-order valence-corrected chi connectivity index (χ0v) is 13.4. The number of rotatable bonds is 6. The molecule has 1 fully saturated rings. The van der Waals surface area contributed by atoms with Gasteiger partial charge < -0.3 is 20.1 Å². The number of H-pyrrole nitrogens is 1. The van der Waals surface area contributed by atoms with Crippen LogP contribution in [-0.2, 0) is 5.67 Å². The number of ether oxygens (including phenoxy) is 2. The van der Waals surface area contributed by atoms with Crippen LogP contribution in [0.25, 0.3) is 0 Å². The fourth-order valence-electron chi connectivity index (χ4n) is 2.61. The molecule has 2 aromatic heterocycles. The molecule has 1 atom stereocenters. The van der Waals surface area contributed by atoms with Crippen molar-refractivity contribution in [1.82, 2.24) is 25.5 Å². The molecule has 1 aliphatic rings. The summed E-state index contributed by atoms with van der Waals surface area (Å²) in [4.78, 5) is 8.32. The molecule has 3 heterocycles. The molecule has 0 bridgehead atoms. The Bertz CT molecular complexity index is 720. The smallest absolute Gasteiger partial charge is 0.388 e. The summed E-state index contributed by atoms with van der Waals surface area (Å²) < 4.78 is 48.7. The molecule has 3 N–H and O–H groups in total. The highest BCUT2D eigenvalue weighted by molar-refractivity contribution is 5.52. The van der Waals surface area contributed by atoms with Crippen LogP contribution in [-0.4, -0.2) is 47.0 Å². The van der Waals surface area contributed by atoms with E-state index >= 15 is 4.39 Å². The fraction of sp³-hybridized carbons (Fsp3) is 0.500. The number of anilines is 2. The lowest BCUT2D eigenvalue weighted by Crippen LogP contribution is -2.41. The first-order valence-corrected chi connectivity index (χ1v) is 7.58. The van der Waals surface area contributed by atoms with Gasteiger partial charge >= 0.3 is 6.61 Å². The molecule has 0 aromatic carbocycles. The van der Waals surface area contributed by atoms with Crippen LogP contribution in [0.4, 0.5) is 24.8 Å². The van der Waals surface area contributed by atoms with Crippen molar-refractivity contribution in [2.75, 3.05) is 25.5 Å². The SMILES string of the molecule is COc1nc(Nc2cc(OC(F)F)n[nH]2)cnc1[C@]1(F)CCCNC1. The maximum Gasteiger partial charge on any atom is 0.388 e. The third-order valence-electron chi connectivity index (χ3n) is 3.72. The fourth-order valence-corrected chi connectivity index (χ4v) is 2.61. The summed E-state index contributed by atoms with van der Waals surface area (Å²) in [5.74, 6) is 0.277. The highest BCUT2D eigenvalue weighted by Gasteiger charge is 2.38. The second-order valence-electron chi connectivity index (χ2n) is 5.48. The molecule has 0 unspecified atom stereocenters. The summed E-state index contributed by atoms with van der Waals surface area (Å²) in [6, 6.07) is 1.23. The van der Waals surface area contributed by atoms with E-state index in [0.29, 0.717) is 12.8 Å². The molecule has 0 radical (unpaired) electrons. The minimum Gasteiger partial charge on any atom is -0.480 e. The molecule has 0 spiro atoms. The van der Waals surface area contributed by atoms with Gasteiger partial charge in [0.25, 0.3) is 0 Å². The number of halogens is 3. The number of alkyl halides is 3. The molecule has 0 amide bonds. The number of nitrogens with zero attached hydrogens (tertiary/aromatic N) is 3. The highest BCUT2D eigenvalue weighted by atomic mass is 19.3. The molecule has 25 heavy (non-hydrogen) atoms. The predicted octanol–water partition coefficient (Wildman–Crippen LogP) is 2.10. The van der Waals surface area contributed by atoms with Crippen LogP contribution in [0.15, 0.2) is 12.3 Å². The van der Waals surface area contributed by atoms with Crippen LogP contribution in [0.3, 0.4) is 0 Å². The molecular weight excluding hydrogens is 341 g/mol. The van der Waals surface area contributed by atoms with Crippen LogP contribution < -0.4 is 20.1 Å². The number of aromatic nitrogens is 4. The van der Waals surface area contributed by atoms with Crippen LogP contribution in [0.2, 0.25) is 0 Å². The molecule has 1 saturated heterocycles. The Morgan fingerprint density at radius 1 is 1.40 bits per heavy atom. The van der Waals surface area contributed by atoms with Crippen molar-refractivity contribution in [3.8, 4) is 11.8 Å². The van der Waals surface area contributed by atoms with Crippen molar-refractivity contribution >= 4 is 11.6 Å². The Morgan fingerprint density at radius 2 is 2.24 bits per heavy atom. The monoisotopic (exact) mass is 358 g/mol. The standard InChI is InChI=1S/C14H17F3N6O2/c1-24-12-11(14(17)3-2-4-18-7-14)19-6-9(21-12)20-8-5-10(23-22-8)25-13(15)16/h5-6,13,18H,2-4,7H2,1H3,(H2,20,21,22,23)/t14-/m0/s1. The average Bonchev–Trinajstić information content (AvgIpc) is 3.01. The first-order valence-electron chi connectivity index (χ1n) is 7.58. The lowest BCUT2D eigenvalue weighted by molar-refractivity contribution is -0.0528. The normalized spacial score (nSPS) is 20.5. The van der Waals surface area contributed by atoms with E-state index < -0.39 is 12.3 Å². The lowest BCUT2D eigenvalue weighted by atomic mass is 9.92. The largest absolute Gasteiger partial charge is 0.480 e. The molecule has 3 rings (SSSR count). The van der Waals surface area contributed by atoms with E-state index in [9.17, 15) is 8.78 Å².